The maximum Gasteiger partial charge on any atom is 0.261 e. The predicted octanol–water partition coefficient (Wildman–Crippen LogP) is 4.40. The molecule has 29 heavy (non-hydrogen) atoms. The van der Waals surface area contributed by atoms with E-state index >= 15 is 0 Å². The van der Waals surface area contributed by atoms with Crippen LogP contribution in [0.25, 0.3) is 0 Å². The Morgan fingerprint density at radius 2 is 1.69 bits per heavy atom. The third kappa shape index (κ3) is 4.89. The molecule has 0 amide bonds. The van der Waals surface area contributed by atoms with Crippen molar-refractivity contribution >= 4 is 21.5 Å². The van der Waals surface area contributed by atoms with E-state index in [0.717, 1.165) is 16.7 Å². The molecular formula is C23H20N2O3S. The van der Waals surface area contributed by atoms with Gasteiger partial charge in [0.2, 0.25) is 0 Å². The van der Waals surface area contributed by atoms with Crippen molar-refractivity contribution in [2.45, 2.75) is 25.2 Å². The second-order valence-corrected chi connectivity index (χ2v) is 8.52. The smallest absolute Gasteiger partial charge is 0.261 e. The molecule has 0 aliphatic carbocycles. The highest BCUT2D eigenvalue weighted by atomic mass is 32.2. The molecule has 0 radical (unpaired) electrons. The summed E-state index contributed by atoms with van der Waals surface area (Å²) in [6.45, 7) is 3.87. The van der Waals surface area contributed by atoms with Crippen LogP contribution < -0.4 is 4.72 Å². The molecule has 146 valence electrons. The van der Waals surface area contributed by atoms with E-state index in [1.807, 2.05) is 26.0 Å². The lowest BCUT2D eigenvalue weighted by molar-refractivity contribution is 0.0993. The number of sulfonamides is 1. The van der Waals surface area contributed by atoms with Gasteiger partial charge in [0.15, 0.2) is 5.78 Å². The van der Waals surface area contributed by atoms with Gasteiger partial charge in [-0.05, 0) is 66.9 Å². The van der Waals surface area contributed by atoms with Crippen LogP contribution in [0.5, 0.6) is 0 Å². The van der Waals surface area contributed by atoms with Crippen LogP contribution in [0.15, 0.2) is 71.6 Å². The number of nitrogens with one attached hydrogen (secondary N) is 1. The minimum atomic E-state index is -3.75. The van der Waals surface area contributed by atoms with Crippen LogP contribution in [0.1, 0.15) is 32.6 Å². The molecule has 0 aliphatic rings. The predicted molar refractivity (Wildman–Crippen MR) is 112 cm³/mol. The molecule has 3 aromatic carbocycles. The van der Waals surface area contributed by atoms with Crippen LogP contribution in [0.2, 0.25) is 0 Å². The summed E-state index contributed by atoms with van der Waals surface area (Å²) in [5.74, 6) is -0.147. The summed E-state index contributed by atoms with van der Waals surface area (Å²) in [4.78, 5) is 12.6. The van der Waals surface area contributed by atoms with Crippen molar-refractivity contribution in [2.24, 2.45) is 0 Å². The zero-order valence-corrected chi connectivity index (χ0v) is 17.0. The van der Waals surface area contributed by atoms with Crippen molar-refractivity contribution in [3.63, 3.8) is 0 Å². The fraction of sp³-hybridized carbons (Fsp3) is 0.130. The topological polar surface area (TPSA) is 87.0 Å². The highest BCUT2D eigenvalue weighted by Crippen LogP contribution is 2.20. The average Bonchev–Trinajstić information content (AvgIpc) is 2.71. The summed E-state index contributed by atoms with van der Waals surface area (Å²) in [6, 6.07) is 20.1. The zero-order chi connectivity index (χ0) is 21.0. The third-order valence-electron chi connectivity index (χ3n) is 4.67. The Bertz CT molecular complexity index is 1210. The number of hydrogen-bond donors (Lipinski definition) is 1. The van der Waals surface area contributed by atoms with E-state index in [0.29, 0.717) is 16.8 Å². The molecule has 6 heteroatoms. The van der Waals surface area contributed by atoms with E-state index in [4.69, 9.17) is 5.26 Å². The van der Waals surface area contributed by atoms with E-state index < -0.39 is 10.0 Å². The molecule has 0 aliphatic heterocycles. The second kappa shape index (κ2) is 8.29. The van der Waals surface area contributed by atoms with Crippen molar-refractivity contribution < 1.29 is 13.2 Å². The first-order valence-corrected chi connectivity index (χ1v) is 10.5. The van der Waals surface area contributed by atoms with Crippen LogP contribution in [-0.4, -0.2) is 14.2 Å². The number of aryl methyl sites for hydroxylation is 2. The summed E-state index contributed by atoms with van der Waals surface area (Å²) < 4.78 is 27.8. The van der Waals surface area contributed by atoms with Crippen LogP contribution >= 0.6 is 0 Å². The Hall–Kier alpha value is -3.43. The molecule has 3 rings (SSSR count). The van der Waals surface area contributed by atoms with E-state index in [9.17, 15) is 13.2 Å². The summed E-state index contributed by atoms with van der Waals surface area (Å²) in [6.07, 6.45) is 0.141. The van der Waals surface area contributed by atoms with Gasteiger partial charge in [-0.15, -0.1) is 0 Å². The molecule has 0 saturated heterocycles. The summed E-state index contributed by atoms with van der Waals surface area (Å²) in [7, 11) is -3.75. The van der Waals surface area contributed by atoms with E-state index in [2.05, 4.69) is 4.72 Å². The minimum absolute atomic E-state index is 0.0822. The standard InChI is InChI=1S/C23H20N2O3S/c1-16-6-9-21(12-17(16)2)25-29(27,28)22-10-7-20(8-11-22)23(26)14-18-4-3-5-19(13-18)15-24/h3-13,25H,14H2,1-2H3. The highest BCUT2D eigenvalue weighted by Gasteiger charge is 2.16. The maximum atomic E-state index is 12.6. The molecular weight excluding hydrogens is 384 g/mol. The number of nitrogens with zero attached hydrogens (tertiary/aromatic N) is 1. The Kier molecular flexibility index (Phi) is 5.81. The molecule has 0 saturated carbocycles. The molecule has 1 N–H and O–H groups in total. The quantitative estimate of drug-likeness (QED) is 0.617. The van der Waals surface area contributed by atoms with Gasteiger partial charge in [0.05, 0.1) is 16.5 Å². The van der Waals surface area contributed by atoms with Crippen LogP contribution in [-0.2, 0) is 16.4 Å². The van der Waals surface area contributed by atoms with Gasteiger partial charge < -0.3 is 0 Å². The average molecular weight is 404 g/mol. The number of carbonyl (C=O) groups excluding carboxylic acids is 1. The van der Waals surface area contributed by atoms with Crippen molar-refractivity contribution in [2.75, 3.05) is 4.72 Å². The maximum absolute atomic E-state index is 12.6. The largest absolute Gasteiger partial charge is 0.294 e. The van der Waals surface area contributed by atoms with Crippen molar-refractivity contribution in [3.05, 3.63) is 94.5 Å². The number of anilines is 1. The van der Waals surface area contributed by atoms with Gasteiger partial charge in [0.25, 0.3) is 10.0 Å². The zero-order valence-electron chi connectivity index (χ0n) is 16.1. The lowest BCUT2D eigenvalue weighted by Crippen LogP contribution is -2.13. The van der Waals surface area contributed by atoms with Gasteiger partial charge in [-0.25, -0.2) is 8.42 Å². The molecule has 0 aromatic heterocycles. The Morgan fingerprint density at radius 1 is 0.966 bits per heavy atom. The fourth-order valence-electron chi connectivity index (χ4n) is 2.88. The first-order valence-electron chi connectivity index (χ1n) is 9.01. The second-order valence-electron chi connectivity index (χ2n) is 6.84. The minimum Gasteiger partial charge on any atom is -0.294 e. The number of Topliss-reactive ketones (excluding diaryl/α,β-unsaturated/α-hetero) is 1. The molecule has 0 fully saturated rings. The molecule has 0 spiro atoms. The fourth-order valence-corrected chi connectivity index (χ4v) is 3.93. The first-order chi connectivity index (χ1) is 13.8. The van der Waals surface area contributed by atoms with Crippen molar-refractivity contribution in [3.8, 4) is 6.07 Å². The Balaban J connectivity index is 1.75. The van der Waals surface area contributed by atoms with Gasteiger partial charge in [-0.1, -0.05) is 30.3 Å². The first kappa shape index (κ1) is 20.3. The van der Waals surface area contributed by atoms with Gasteiger partial charge in [-0.3, -0.25) is 9.52 Å². The summed E-state index contributed by atoms with van der Waals surface area (Å²) >= 11 is 0. The lowest BCUT2D eigenvalue weighted by Gasteiger charge is -2.10. The van der Waals surface area contributed by atoms with Crippen LogP contribution in [0, 0.1) is 25.2 Å². The lowest BCUT2D eigenvalue weighted by atomic mass is 10.0. The number of rotatable bonds is 6. The normalized spacial score (nSPS) is 10.9. The molecule has 0 unspecified atom stereocenters. The highest BCUT2D eigenvalue weighted by molar-refractivity contribution is 7.92. The summed E-state index contributed by atoms with van der Waals surface area (Å²) in [5, 5.41) is 8.96. The van der Waals surface area contributed by atoms with Gasteiger partial charge in [-0.2, -0.15) is 5.26 Å². The van der Waals surface area contributed by atoms with Crippen LogP contribution in [0.3, 0.4) is 0 Å². The number of hydrogen-bond acceptors (Lipinski definition) is 4. The Labute approximate surface area is 170 Å². The third-order valence-corrected chi connectivity index (χ3v) is 6.06. The van der Waals surface area contributed by atoms with E-state index in [1.165, 1.54) is 24.3 Å². The van der Waals surface area contributed by atoms with Crippen molar-refractivity contribution in [1.29, 1.82) is 5.26 Å². The number of benzene rings is 3. The SMILES string of the molecule is Cc1ccc(NS(=O)(=O)c2ccc(C(=O)Cc3cccc(C#N)c3)cc2)cc1C. The van der Waals surface area contributed by atoms with Gasteiger partial charge in [0, 0.05) is 17.7 Å². The molecule has 3 aromatic rings. The summed E-state index contributed by atoms with van der Waals surface area (Å²) in [5.41, 5.74) is 4.21. The number of ketones is 1. The molecule has 0 heterocycles. The Morgan fingerprint density at radius 3 is 2.34 bits per heavy atom. The van der Waals surface area contributed by atoms with Gasteiger partial charge in [0.1, 0.15) is 0 Å². The van der Waals surface area contributed by atoms with Gasteiger partial charge >= 0.3 is 0 Å². The van der Waals surface area contributed by atoms with Crippen LogP contribution in [0.4, 0.5) is 5.69 Å². The van der Waals surface area contributed by atoms with E-state index in [-0.39, 0.29) is 17.1 Å². The van der Waals surface area contributed by atoms with E-state index in [1.54, 1.807) is 36.4 Å². The molecule has 0 atom stereocenters. The molecule has 5 nitrogen and oxygen atoms in total. The number of nitriles is 1. The monoisotopic (exact) mass is 404 g/mol. The molecule has 0 bridgehead atoms. The van der Waals surface area contributed by atoms with Crippen molar-refractivity contribution in [1.82, 2.24) is 0 Å². The number of carbonyl (C=O) groups is 1.